The molecule has 106 valence electrons. The lowest BCUT2D eigenvalue weighted by Crippen LogP contribution is -2.04. The van der Waals surface area contributed by atoms with Crippen molar-refractivity contribution in [2.24, 2.45) is 0 Å². The van der Waals surface area contributed by atoms with E-state index in [1.165, 1.54) is 30.5 Å². The molecule has 0 bridgehead atoms. The van der Waals surface area contributed by atoms with Gasteiger partial charge in [-0.15, -0.1) is 0 Å². The molecule has 0 saturated carbocycles. The minimum absolute atomic E-state index is 0.312. The first kappa shape index (κ1) is 13.4. The van der Waals surface area contributed by atoms with Gasteiger partial charge in [-0.2, -0.15) is 5.10 Å². The molecule has 2 N–H and O–H groups in total. The van der Waals surface area contributed by atoms with Gasteiger partial charge in [0.2, 0.25) is 0 Å². The third kappa shape index (κ3) is 2.67. The average molecular weight is 285 g/mol. The van der Waals surface area contributed by atoms with Gasteiger partial charge < -0.3 is 10.2 Å². The number of aliphatic hydroxyl groups is 2. The van der Waals surface area contributed by atoms with Crippen LogP contribution in [0.1, 0.15) is 11.9 Å². The lowest BCUT2D eigenvalue weighted by molar-refractivity contribution is -0.0425. The van der Waals surface area contributed by atoms with Crippen molar-refractivity contribution in [1.82, 2.24) is 14.8 Å². The number of benzene rings is 1. The van der Waals surface area contributed by atoms with Gasteiger partial charge in [0.1, 0.15) is 5.82 Å². The maximum atomic E-state index is 13.0. The Morgan fingerprint density at radius 3 is 2.48 bits per heavy atom. The fourth-order valence-corrected chi connectivity index (χ4v) is 2.04. The number of aliphatic hydroxyl groups excluding tert-OH is 1. The molecule has 0 aliphatic carbocycles. The number of pyridine rings is 1. The van der Waals surface area contributed by atoms with Crippen LogP contribution in [0.5, 0.6) is 0 Å². The van der Waals surface area contributed by atoms with Crippen LogP contribution in [0, 0.1) is 5.82 Å². The summed E-state index contributed by atoms with van der Waals surface area (Å²) >= 11 is 0. The summed E-state index contributed by atoms with van der Waals surface area (Å²) in [5.41, 5.74) is 1.83. The maximum Gasteiger partial charge on any atom is 0.178 e. The van der Waals surface area contributed by atoms with Gasteiger partial charge in [-0.05, 0) is 42.5 Å². The quantitative estimate of drug-likeness (QED) is 0.723. The summed E-state index contributed by atoms with van der Waals surface area (Å²) in [6.07, 6.45) is 1.50. The smallest absolute Gasteiger partial charge is 0.178 e. The molecule has 3 aromatic rings. The summed E-state index contributed by atoms with van der Waals surface area (Å²) in [5.74, 6) is 0.137. The van der Waals surface area contributed by atoms with Gasteiger partial charge in [-0.25, -0.2) is 14.1 Å². The number of hydrogen-bond acceptors (Lipinski definition) is 4. The van der Waals surface area contributed by atoms with E-state index < -0.39 is 6.29 Å². The molecule has 0 spiro atoms. The van der Waals surface area contributed by atoms with Crippen molar-refractivity contribution in [3.05, 3.63) is 66.2 Å². The monoisotopic (exact) mass is 285 g/mol. The van der Waals surface area contributed by atoms with Crippen molar-refractivity contribution < 1.29 is 14.6 Å². The van der Waals surface area contributed by atoms with Crippen molar-refractivity contribution in [2.75, 3.05) is 0 Å². The lowest BCUT2D eigenvalue weighted by atomic mass is 10.1. The van der Waals surface area contributed by atoms with E-state index in [0.29, 0.717) is 11.4 Å². The predicted octanol–water partition coefficient (Wildman–Crippen LogP) is 2.06. The van der Waals surface area contributed by atoms with Crippen LogP contribution in [0.25, 0.3) is 17.1 Å². The molecule has 2 aromatic heterocycles. The molecule has 3 rings (SSSR count). The fraction of sp³-hybridized carbons (Fsp3) is 0.0667. The van der Waals surface area contributed by atoms with E-state index >= 15 is 0 Å². The first-order valence-corrected chi connectivity index (χ1v) is 6.27. The van der Waals surface area contributed by atoms with E-state index in [0.717, 1.165) is 11.3 Å². The Kier molecular flexibility index (Phi) is 3.47. The van der Waals surface area contributed by atoms with Crippen LogP contribution in [0.15, 0.2) is 54.9 Å². The third-order valence-corrected chi connectivity index (χ3v) is 3.07. The van der Waals surface area contributed by atoms with E-state index in [9.17, 15) is 14.6 Å². The standard InChI is InChI=1S/C15H12FN3O2/c16-12-3-1-10(2-4-12)13-6-8-18-19(13)14-9-11(15(20)21)5-7-17-14/h1-9,15,20-21H. The van der Waals surface area contributed by atoms with Gasteiger partial charge in [0.25, 0.3) is 0 Å². The number of hydrogen-bond donors (Lipinski definition) is 2. The van der Waals surface area contributed by atoms with Gasteiger partial charge in [-0.1, -0.05) is 0 Å². The normalized spacial score (nSPS) is 11.0. The zero-order valence-electron chi connectivity index (χ0n) is 10.9. The van der Waals surface area contributed by atoms with Crippen LogP contribution in [-0.2, 0) is 0 Å². The number of aromatic nitrogens is 3. The summed E-state index contributed by atoms with van der Waals surface area (Å²) in [6, 6.07) is 10.8. The molecule has 0 amide bonds. The van der Waals surface area contributed by atoms with Crippen LogP contribution in [0.3, 0.4) is 0 Å². The summed E-state index contributed by atoms with van der Waals surface area (Å²) < 4.78 is 14.6. The van der Waals surface area contributed by atoms with Crippen LogP contribution in [0.2, 0.25) is 0 Å². The van der Waals surface area contributed by atoms with Crippen LogP contribution >= 0.6 is 0 Å². The summed E-state index contributed by atoms with van der Waals surface area (Å²) in [6.45, 7) is 0. The highest BCUT2D eigenvalue weighted by Crippen LogP contribution is 2.22. The van der Waals surface area contributed by atoms with Crippen molar-refractivity contribution >= 4 is 0 Å². The zero-order chi connectivity index (χ0) is 14.8. The minimum Gasteiger partial charge on any atom is -0.364 e. The molecule has 21 heavy (non-hydrogen) atoms. The molecule has 6 heteroatoms. The summed E-state index contributed by atoms with van der Waals surface area (Å²) in [5, 5.41) is 22.6. The molecule has 0 radical (unpaired) electrons. The molecule has 0 aliphatic rings. The molecular weight excluding hydrogens is 273 g/mol. The Morgan fingerprint density at radius 1 is 1.00 bits per heavy atom. The minimum atomic E-state index is -1.57. The first-order valence-electron chi connectivity index (χ1n) is 6.27. The summed E-state index contributed by atoms with van der Waals surface area (Å²) in [7, 11) is 0. The van der Waals surface area contributed by atoms with Crippen molar-refractivity contribution in [2.45, 2.75) is 6.29 Å². The molecule has 1 aromatic carbocycles. The molecular formula is C15H12FN3O2. The topological polar surface area (TPSA) is 71.2 Å². The fourth-order valence-electron chi connectivity index (χ4n) is 2.04. The van der Waals surface area contributed by atoms with Gasteiger partial charge >= 0.3 is 0 Å². The summed E-state index contributed by atoms with van der Waals surface area (Å²) in [4.78, 5) is 4.17. The second-order valence-electron chi connectivity index (χ2n) is 4.46. The highest BCUT2D eigenvalue weighted by molar-refractivity contribution is 5.61. The van der Waals surface area contributed by atoms with Gasteiger partial charge in [0.15, 0.2) is 12.1 Å². The van der Waals surface area contributed by atoms with E-state index in [-0.39, 0.29) is 5.82 Å². The average Bonchev–Trinajstić information content (AvgIpc) is 2.97. The number of rotatable bonds is 3. The Bertz CT molecular complexity index is 754. The van der Waals surface area contributed by atoms with E-state index in [4.69, 9.17) is 0 Å². The Morgan fingerprint density at radius 2 is 1.76 bits per heavy atom. The highest BCUT2D eigenvalue weighted by Gasteiger charge is 2.11. The SMILES string of the molecule is OC(O)c1ccnc(-n2nccc2-c2ccc(F)cc2)c1. The zero-order valence-corrected chi connectivity index (χ0v) is 10.9. The Hall–Kier alpha value is -2.57. The van der Waals surface area contributed by atoms with Gasteiger partial charge in [0, 0.05) is 17.3 Å². The molecule has 0 saturated heterocycles. The lowest BCUT2D eigenvalue weighted by Gasteiger charge is -2.09. The maximum absolute atomic E-state index is 13.0. The van der Waals surface area contributed by atoms with Crippen molar-refractivity contribution in [3.8, 4) is 17.1 Å². The second-order valence-corrected chi connectivity index (χ2v) is 4.46. The first-order chi connectivity index (χ1) is 10.1. The number of halogens is 1. The Labute approximate surface area is 119 Å². The molecule has 2 heterocycles. The van der Waals surface area contributed by atoms with Gasteiger partial charge in [0.05, 0.1) is 11.9 Å². The molecule has 0 aliphatic heterocycles. The highest BCUT2D eigenvalue weighted by atomic mass is 19.1. The van der Waals surface area contributed by atoms with Crippen molar-refractivity contribution in [3.63, 3.8) is 0 Å². The van der Waals surface area contributed by atoms with Crippen LogP contribution in [-0.4, -0.2) is 25.0 Å². The van der Waals surface area contributed by atoms with Crippen LogP contribution < -0.4 is 0 Å². The third-order valence-electron chi connectivity index (χ3n) is 3.07. The number of nitrogens with zero attached hydrogens (tertiary/aromatic N) is 3. The van der Waals surface area contributed by atoms with E-state index in [1.807, 2.05) is 0 Å². The molecule has 0 atom stereocenters. The molecule has 5 nitrogen and oxygen atoms in total. The van der Waals surface area contributed by atoms with E-state index in [1.54, 1.807) is 29.1 Å². The molecule has 0 fully saturated rings. The van der Waals surface area contributed by atoms with Gasteiger partial charge in [-0.3, -0.25) is 0 Å². The predicted molar refractivity (Wildman–Crippen MR) is 73.9 cm³/mol. The Balaban J connectivity index is 2.06. The van der Waals surface area contributed by atoms with Crippen molar-refractivity contribution in [1.29, 1.82) is 0 Å². The second kappa shape index (κ2) is 5.43. The van der Waals surface area contributed by atoms with E-state index in [2.05, 4.69) is 10.1 Å². The molecule has 0 unspecified atom stereocenters. The largest absolute Gasteiger partial charge is 0.364 e. The van der Waals surface area contributed by atoms with Crippen LogP contribution in [0.4, 0.5) is 4.39 Å².